The maximum atomic E-state index is 13.0. The van der Waals surface area contributed by atoms with Gasteiger partial charge in [-0.25, -0.2) is 9.59 Å². The van der Waals surface area contributed by atoms with Crippen LogP contribution in [0.2, 0.25) is 0 Å². The molecule has 0 unspecified atom stereocenters. The van der Waals surface area contributed by atoms with Crippen LogP contribution in [0.3, 0.4) is 0 Å². The molecule has 1 aliphatic carbocycles. The Bertz CT molecular complexity index is 1090. The number of rotatable bonds is 3. The molecule has 7 heteroatoms. The Morgan fingerprint density at radius 3 is 2.38 bits per heavy atom. The average Bonchev–Trinajstić information content (AvgIpc) is 2.87. The largest absolute Gasteiger partial charge is 0.423 e. The first-order valence-corrected chi connectivity index (χ1v) is 10.0. The lowest BCUT2D eigenvalue weighted by Crippen LogP contribution is -2.46. The summed E-state index contributed by atoms with van der Waals surface area (Å²) in [7, 11) is 0. The van der Waals surface area contributed by atoms with Gasteiger partial charge in [0.05, 0.1) is 6.54 Å². The number of nitrogens with zero attached hydrogens (tertiary/aromatic N) is 2. The summed E-state index contributed by atoms with van der Waals surface area (Å²) in [6.45, 7) is 5.73. The monoisotopic (exact) mass is 396 g/mol. The Hall–Kier alpha value is -2.96. The van der Waals surface area contributed by atoms with E-state index < -0.39 is 23.5 Å². The van der Waals surface area contributed by atoms with Crippen molar-refractivity contribution < 1.29 is 18.8 Å². The third-order valence-electron chi connectivity index (χ3n) is 6.25. The number of benzene rings is 1. The maximum Gasteiger partial charge on any atom is 0.336 e. The first-order valence-electron chi connectivity index (χ1n) is 10.0. The predicted octanol–water partition coefficient (Wildman–Crippen LogP) is 3.28. The zero-order chi connectivity index (χ0) is 20.9. The van der Waals surface area contributed by atoms with Crippen molar-refractivity contribution in [2.24, 2.45) is 5.92 Å². The number of aryl methyl sites for hydroxylation is 2. The number of hydrogen-bond donors (Lipinski definition) is 0. The summed E-state index contributed by atoms with van der Waals surface area (Å²) in [5.41, 5.74) is 2.31. The molecule has 2 atom stereocenters. The Morgan fingerprint density at radius 2 is 1.66 bits per heavy atom. The predicted molar refractivity (Wildman–Crippen MR) is 106 cm³/mol. The summed E-state index contributed by atoms with van der Waals surface area (Å²) < 4.78 is 5.29. The second-order valence-electron chi connectivity index (χ2n) is 8.20. The summed E-state index contributed by atoms with van der Waals surface area (Å²) in [5, 5.41) is 0.658. The molecule has 1 saturated carbocycles. The lowest BCUT2D eigenvalue weighted by atomic mass is 9.85. The van der Waals surface area contributed by atoms with Crippen LogP contribution in [-0.4, -0.2) is 33.7 Å². The highest BCUT2D eigenvalue weighted by atomic mass is 16.4. The summed E-state index contributed by atoms with van der Waals surface area (Å²) in [6.07, 6.45) is 3.65. The lowest BCUT2D eigenvalue weighted by molar-refractivity contribution is -0.144. The van der Waals surface area contributed by atoms with E-state index in [2.05, 4.69) is 0 Å². The molecule has 2 heterocycles. The Balaban J connectivity index is 1.70. The Morgan fingerprint density at radius 1 is 0.966 bits per heavy atom. The van der Waals surface area contributed by atoms with Crippen LogP contribution in [0, 0.1) is 19.8 Å². The molecule has 1 aromatic heterocycles. The zero-order valence-corrected chi connectivity index (χ0v) is 16.9. The minimum absolute atomic E-state index is 0.133. The summed E-state index contributed by atoms with van der Waals surface area (Å²) in [4.78, 5) is 52.4. The van der Waals surface area contributed by atoms with Crippen LogP contribution in [-0.2, 0) is 16.1 Å². The van der Waals surface area contributed by atoms with Gasteiger partial charge < -0.3 is 4.42 Å². The van der Waals surface area contributed by atoms with Crippen molar-refractivity contribution in [3.8, 4) is 0 Å². The van der Waals surface area contributed by atoms with Gasteiger partial charge in [-0.05, 0) is 61.4 Å². The molecule has 0 bridgehead atoms. The van der Waals surface area contributed by atoms with Crippen LogP contribution in [0.25, 0.3) is 11.0 Å². The first kappa shape index (κ1) is 19.4. The number of urea groups is 1. The van der Waals surface area contributed by atoms with Crippen molar-refractivity contribution in [3.05, 3.63) is 45.3 Å². The van der Waals surface area contributed by atoms with E-state index in [0.717, 1.165) is 46.6 Å². The number of hydrogen-bond acceptors (Lipinski definition) is 5. The van der Waals surface area contributed by atoms with Crippen molar-refractivity contribution in [1.29, 1.82) is 0 Å². The van der Waals surface area contributed by atoms with E-state index in [9.17, 15) is 19.2 Å². The second-order valence-corrected chi connectivity index (χ2v) is 8.20. The maximum absolute atomic E-state index is 13.0. The number of imide groups is 2. The van der Waals surface area contributed by atoms with E-state index in [1.54, 1.807) is 6.07 Å². The highest BCUT2D eigenvalue weighted by Gasteiger charge is 2.49. The molecular formula is C22H24N2O5. The van der Waals surface area contributed by atoms with Gasteiger partial charge >= 0.3 is 23.5 Å². The van der Waals surface area contributed by atoms with Crippen molar-refractivity contribution in [3.63, 3.8) is 0 Å². The van der Waals surface area contributed by atoms with Crippen LogP contribution in [0.5, 0.6) is 0 Å². The van der Waals surface area contributed by atoms with Crippen molar-refractivity contribution in [1.82, 2.24) is 9.80 Å². The quantitative estimate of drug-likeness (QED) is 0.451. The zero-order valence-electron chi connectivity index (χ0n) is 16.9. The fourth-order valence-electron chi connectivity index (χ4n) is 4.42. The van der Waals surface area contributed by atoms with Crippen LogP contribution >= 0.6 is 0 Å². The smallest absolute Gasteiger partial charge is 0.336 e. The molecule has 0 N–H and O–H groups in total. The summed E-state index contributed by atoms with van der Waals surface area (Å²) in [5.74, 6) is -1.44. The average molecular weight is 396 g/mol. The summed E-state index contributed by atoms with van der Waals surface area (Å²) in [6, 6.07) is 4.08. The van der Waals surface area contributed by atoms with E-state index in [4.69, 9.17) is 4.42 Å². The van der Waals surface area contributed by atoms with Crippen molar-refractivity contribution >= 4 is 28.8 Å². The fraction of sp³-hybridized carbons (Fsp3) is 0.455. The molecule has 7 nitrogen and oxygen atoms in total. The molecule has 29 heavy (non-hydrogen) atoms. The molecule has 1 saturated heterocycles. The highest BCUT2D eigenvalue weighted by Crippen LogP contribution is 2.32. The molecular weight excluding hydrogens is 372 g/mol. The molecule has 152 valence electrons. The number of carbonyl (C=O) groups excluding carboxylic acids is 3. The second kappa shape index (κ2) is 7.13. The highest BCUT2D eigenvalue weighted by molar-refractivity contribution is 6.44. The van der Waals surface area contributed by atoms with E-state index in [-0.39, 0.29) is 18.5 Å². The van der Waals surface area contributed by atoms with E-state index in [1.165, 1.54) is 6.07 Å². The third kappa shape index (κ3) is 3.24. The topological polar surface area (TPSA) is 87.9 Å². The van der Waals surface area contributed by atoms with Gasteiger partial charge in [0.25, 0.3) is 0 Å². The van der Waals surface area contributed by atoms with Gasteiger partial charge in [0.15, 0.2) is 0 Å². The molecule has 0 spiro atoms. The molecule has 0 radical (unpaired) electrons. The van der Waals surface area contributed by atoms with Crippen LogP contribution in [0.4, 0.5) is 4.79 Å². The number of carbonyl (C=O) groups is 3. The lowest BCUT2D eigenvalue weighted by Gasteiger charge is -2.34. The van der Waals surface area contributed by atoms with E-state index in [1.807, 2.05) is 26.8 Å². The van der Waals surface area contributed by atoms with Gasteiger partial charge in [0.1, 0.15) is 5.58 Å². The molecule has 2 fully saturated rings. The van der Waals surface area contributed by atoms with Gasteiger partial charge in [0, 0.05) is 17.5 Å². The number of amides is 4. The van der Waals surface area contributed by atoms with Crippen LogP contribution in [0.1, 0.15) is 49.3 Å². The number of fused-ring (bicyclic) bond motifs is 1. The standard InChI is InChI=1S/C22H24N2O5/c1-12-6-4-5-7-17(12)24-21(27)20(26)23(22(24)28)11-15-10-19(25)29-18-9-14(3)13(2)8-16(15)18/h8-10,12,17H,4-7,11H2,1-3H3/t12-,17-/m1/s1. The molecule has 1 aliphatic heterocycles. The molecule has 2 aliphatic rings. The van der Waals surface area contributed by atoms with Gasteiger partial charge in [-0.3, -0.25) is 19.4 Å². The summed E-state index contributed by atoms with van der Waals surface area (Å²) >= 11 is 0. The molecule has 4 rings (SSSR count). The minimum Gasteiger partial charge on any atom is -0.423 e. The van der Waals surface area contributed by atoms with Crippen molar-refractivity contribution in [2.75, 3.05) is 0 Å². The molecule has 1 aromatic carbocycles. The van der Waals surface area contributed by atoms with Gasteiger partial charge in [-0.2, -0.15) is 0 Å². The normalized spacial score (nSPS) is 22.8. The first-order chi connectivity index (χ1) is 13.8. The van der Waals surface area contributed by atoms with E-state index in [0.29, 0.717) is 16.5 Å². The molecule has 2 aromatic rings. The van der Waals surface area contributed by atoms with E-state index >= 15 is 0 Å². The Kier molecular flexibility index (Phi) is 4.76. The SMILES string of the molecule is Cc1cc2oc(=O)cc(CN3C(=O)C(=O)N([C@@H]4CCCC[C@H]4C)C3=O)c2cc1C. The molecule has 4 amide bonds. The van der Waals surface area contributed by atoms with Gasteiger partial charge in [0.2, 0.25) is 0 Å². The van der Waals surface area contributed by atoms with Gasteiger partial charge in [-0.1, -0.05) is 19.8 Å². The van der Waals surface area contributed by atoms with Crippen molar-refractivity contribution in [2.45, 2.75) is 59.0 Å². The van der Waals surface area contributed by atoms with Crippen LogP contribution < -0.4 is 5.63 Å². The fourth-order valence-corrected chi connectivity index (χ4v) is 4.42. The van der Waals surface area contributed by atoms with Crippen LogP contribution in [0.15, 0.2) is 27.4 Å². The third-order valence-corrected chi connectivity index (χ3v) is 6.25. The Labute approximate surface area is 168 Å². The van der Waals surface area contributed by atoms with Gasteiger partial charge in [-0.15, -0.1) is 0 Å². The minimum atomic E-state index is -0.835.